The van der Waals surface area contributed by atoms with Gasteiger partial charge in [0.25, 0.3) is 5.91 Å². The lowest BCUT2D eigenvalue weighted by Gasteiger charge is -2.20. The smallest absolute Gasteiger partial charge is 0.361 e. The lowest BCUT2D eigenvalue weighted by atomic mass is 10.2. The van der Waals surface area contributed by atoms with Crippen LogP contribution in [-0.4, -0.2) is 43.0 Å². The van der Waals surface area contributed by atoms with Crippen LogP contribution in [0.2, 0.25) is 0 Å². The summed E-state index contributed by atoms with van der Waals surface area (Å²) in [5, 5.41) is 5.37. The monoisotopic (exact) mass is 392 g/mol. The Labute approximate surface area is 170 Å². The van der Waals surface area contributed by atoms with Crippen molar-refractivity contribution < 1.29 is 14.3 Å². The van der Waals surface area contributed by atoms with Crippen molar-refractivity contribution in [3.05, 3.63) is 54.6 Å². The number of hydrogen-bond acceptors (Lipinski definition) is 6. The van der Waals surface area contributed by atoms with Gasteiger partial charge in [-0.05, 0) is 57.2 Å². The van der Waals surface area contributed by atoms with Crippen LogP contribution in [0.5, 0.6) is 0 Å². The van der Waals surface area contributed by atoms with Gasteiger partial charge in [-0.2, -0.15) is 10.1 Å². The first-order valence-electron chi connectivity index (χ1n) is 9.68. The number of amides is 1. The lowest BCUT2D eigenvalue weighted by Crippen LogP contribution is -2.30. The second kappa shape index (κ2) is 9.14. The van der Waals surface area contributed by atoms with Crippen LogP contribution in [0.1, 0.15) is 20.8 Å². The van der Waals surface area contributed by atoms with Gasteiger partial charge in [0.05, 0.1) is 18.0 Å². The molecule has 1 amide bonds. The van der Waals surface area contributed by atoms with E-state index in [0.29, 0.717) is 11.4 Å². The molecule has 1 aliphatic heterocycles. The number of rotatable bonds is 7. The van der Waals surface area contributed by atoms with E-state index in [1.807, 2.05) is 30.3 Å². The van der Waals surface area contributed by atoms with Gasteiger partial charge in [0.1, 0.15) is 0 Å². The number of para-hydroxylation sites is 1. The summed E-state index contributed by atoms with van der Waals surface area (Å²) in [4.78, 5) is 32.0. The van der Waals surface area contributed by atoms with Gasteiger partial charge in [-0.1, -0.05) is 18.2 Å². The average Bonchev–Trinajstić information content (AvgIpc) is 3.07. The van der Waals surface area contributed by atoms with Crippen molar-refractivity contribution in [2.45, 2.75) is 20.8 Å². The quantitative estimate of drug-likeness (QED) is 0.675. The van der Waals surface area contributed by atoms with Gasteiger partial charge >= 0.3 is 5.97 Å². The molecule has 150 valence electrons. The van der Waals surface area contributed by atoms with Gasteiger partial charge in [-0.25, -0.2) is 9.79 Å². The first-order valence-corrected chi connectivity index (χ1v) is 9.68. The summed E-state index contributed by atoms with van der Waals surface area (Å²) in [6, 6.07) is 16.4. The van der Waals surface area contributed by atoms with E-state index >= 15 is 0 Å². The average molecular weight is 392 g/mol. The molecule has 0 saturated heterocycles. The van der Waals surface area contributed by atoms with Crippen molar-refractivity contribution >= 4 is 40.4 Å². The van der Waals surface area contributed by atoms with Crippen LogP contribution in [0.25, 0.3) is 0 Å². The van der Waals surface area contributed by atoms with Gasteiger partial charge in [0.15, 0.2) is 5.71 Å². The second-order valence-electron chi connectivity index (χ2n) is 6.27. The molecule has 7 nitrogen and oxygen atoms in total. The Morgan fingerprint density at radius 2 is 1.69 bits per heavy atom. The standard InChI is InChI=1S/C22H24N4O3/c1-4-25(5-2)17-14-12-16(13-15-17)23-19-20(22(28)29-6-3)24-26(21(19)27)18-10-8-7-9-11-18/h7-15H,4-6H2,1-3H3. The number of carbonyl (C=O) groups is 2. The molecule has 1 aliphatic rings. The van der Waals surface area contributed by atoms with Crippen molar-refractivity contribution in [3.63, 3.8) is 0 Å². The second-order valence-corrected chi connectivity index (χ2v) is 6.27. The molecular weight excluding hydrogens is 368 g/mol. The summed E-state index contributed by atoms with van der Waals surface area (Å²) in [6.07, 6.45) is 0. The minimum atomic E-state index is -0.669. The Balaban J connectivity index is 1.96. The van der Waals surface area contributed by atoms with Crippen LogP contribution in [0.4, 0.5) is 17.1 Å². The molecule has 0 spiro atoms. The van der Waals surface area contributed by atoms with E-state index in [1.54, 1.807) is 31.2 Å². The topological polar surface area (TPSA) is 74.6 Å². The summed E-state index contributed by atoms with van der Waals surface area (Å²) >= 11 is 0. The third kappa shape index (κ3) is 4.34. The fraction of sp³-hybridized carbons (Fsp3) is 0.273. The Hall–Kier alpha value is -3.48. The predicted octanol–water partition coefficient (Wildman–Crippen LogP) is 3.57. The molecule has 0 aromatic heterocycles. The van der Waals surface area contributed by atoms with Gasteiger partial charge in [0.2, 0.25) is 5.71 Å². The van der Waals surface area contributed by atoms with Crippen molar-refractivity contribution in [2.24, 2.45) is 10.1 Å². The zero-order chi connectivity index (χ0) is 20.8. The Bertz CT molecular complexity index is 932. The number of hydrazone groups is 1. The maximum Gasteiger partial charge on any atom is 0.361 e. The predicted molar refractivity (Wildman–Crippen MR) is 115 cm³/mol. The fourth-order valence-electron chi connectivity index (χ4n) is 3.03. The molecule has 0 aliphatic carbocycles. The highest BCUT2D eigenvalue weighted by atomic mass is 16.5. The SMILES string of the molecule is CCOC(=O)C1=NN(c2ccccc2)C(=O)C1=Nc1ccc(N(CC)CC)cc1. The summed E-state index contributed by atoms with van der Waals surface area (Å²) in [6.45, 7) is 7.86. The molecule has 3 rings (SSSR count). The third-order valence-corrected chi connectivity index (χ3v) is 4.51. The molecule has 0 atom stereocenters. The normalized spacial score (nSPS) is 14.9. The maximum absolute atomic E-state index is 13.0. The molecule has 0 bridgehead atoms. The zero-order valence-electron chi connectivity index (χ0n) is 16.8. The molecule has 0 N–H and O–H groups in total. The van der Waals surface area contributed by atoms with E-state index in [2.05, 4.69) is 28.8 Å². The number of esters is 1. The largest absolute Gasteiger partial charge is 0.461 e. The first-order chi connectivity index (χ1) is 14.1. The van der Waals surface area contributed by atoms with E-state index in [0.717, 1.165) is 18.8 Å². The van der Waals surface area contributed by atoms with Crippen LogP contribution < -0.4 is 9.91 Å². The number of hydrogen-bond donors (Lipinski definition) is 0. The highest BCUT2D eigenvalue weighted by Gasteiger charge is 2.37. The maximum atomic E-state index is 13.0. The van der Waals surface area contributed by atoms with E-state index < -0.39 is 11.9 Å². The molecule has 29 heavy (non-hydrogen) atoms. The number of aliphatic imine (C=N–C) groups is 1. The molecule has 7 heteroatoms. The molecule has 1 heterocycles. The Kier molecular flexibility index (Phi) is 6.39. The number of carbonyl (C=O) groups excluding carboxylic acids is 2. The lowest BCUT2D eigenvalue weighted by molar-refractivity contribution is -0.134. The van der Waals surface area contributed by atoms with Crippen LogP contribution in [-0.2, 0) is 14.3 Å². The summed E-state index contributed by atoms with van der Waals surface area (Å²) in [5.74, 6) is -1.13. The van der Waals surface area contributed by atoms with Crippen LogP contribution in [0.3, 0.4) is 0 Å². The minimum absolute atomic E-state index is 0.0251. The molecule has 2 aromatic rings. The highest BCUT2D eigenvalue weighted by molar-refractivity contribution is 6.83. The van der Waals surface area contributed by atoms with Gasteiger partial charge < -0.3 is 9.64 Å². The van der Waals surface area contributed by atoms with E-state index in [1.165, 1.54) is 5.01 Å². The van der Waals surface area contributed by atoms with E-state index in [4.69, 9.17) is 4.74 Å². The number of nitrogens with zero attached hydrogens (tertiary/aromatic N) is 4. The van der Waals surface area contributed by atoms with Gasteiger partial charge in [-0.3, -0.25) is 4.79 Å². The number of benzene rings is 2. The minimum Gasteiger partial charge on any atom is -0.461 e. The van der Waals surface area contributed by atoms with Crippen molar-refractivity contribution in [3.8, 4) is 0 Å². The van der Waals surface area contributed by atoms with Crippen LogP contribution in [0, 0.1) is 0 Å². The third-order valence-electron chi connectivity index (χ3n) is 4.51. The van der Waals surface area contributed by atoms with Crippen molar-refractivity contribution in [2.75, 3.05) is 29.6 Å². The summed E-state index contributed by atoms with van der Waals surface area (Å²) in [5.41, 5.74) is 2.08. The summed E-state index contributed by atoms with van der Waals surface area (Å²) < 4.78 is 5.07. The molecule has 2 aromatic carbocycles. The Morgan fingerprint density at radius 3 is 2.28 bits per heavy atom. The van der Waals surface area contributed by atoms with Gasteiger partial charge in [0, 0.05) is 18.8 Å². The van der Waals surface area contributed by atoms with Crippen molar-refractivity contribution in [1.29, 1.82) is 0 Å². The van der Waals surface area contributed by atoms with E-state index in [9.17, 15) is 9.59 Å². The molecule has 0 saturated carbocycles. The Morgan fingerprint density at radius 1 is 1.03 bits per heavy atom. The highest BCUT2D eigenvalue weighted by Crippen LogP contribution is 2.24. The molecule has 0 radical (unpaired) electrons. The van der Waals surface area contributed by atoms with Gasteiger partial charge in [-0.15, -0.1) is 0 Å². The summed E-state index contributed by atoms with van der Waals surface area (Å²) in [7, 11) is 0. The van der Waals surface area contributed by atoms with Crippen LogP contribution in [0.15, 0.2) is 64.7 Å². The molecule has 0 unspecified atom stereocenters. The van der Waals surface area contributed by atoms with Crippen molar-refractivity contribution in [1.82, 2.24) is 0 Å². The zero-order valence-corrected chi connectivity index (χ0v) is 16.8. The molecular formula is C22H24N4O3. The molecule has 0 fully saturated rings. The fourth-order valence-corrected chi connectivity index (χ4v) is 3.03. The van der Waals surface area contributed by atoms with Crippen LogP contribution >= 0.6 is 0 Å². The number of ether oxygens (including phenoxy) is 1. The first kappa shape index (κ1) is 20.3. The number of anilines is 2. The van der Waals surface area contributed by atoms with E-state index in [-0.39, 0.29) is 18.0 Å².